The number of ether oxygens (including phenoxy) is 4. The van der Waals surface area contributed by atoms with Crippen molar-refractivity contribution < 1.29 is 28.2 Å². The molecule has 9 nitrogen and oxygen atoms in total. The van der Waals surface area contributed by atoms with Crippen molar-refractivity contribution in [3.8, 4) is 22.9 Å². The Kier molecular flexibility index (Phi) is 15.5. The average molecular weight is 912 g/mol. The van der Waals surface area contributed by atoms with E-state index in [1.807, 2.05) is 91.0 Å². The third kappa shape index (κ3) is 12.4. The van der Waals surface area contributed by atoms with Gasteiger partial charge in [-0.05, 0) is 90.6 Å². The highest BCUT2D eigenvalue weighted by Crippen LogP contribution is 2.44. The van der Waals surface area contributed by atoms with E-state index >= 15 is 0 Å². The molecule has 3 heterocycles. The van der Waals surface area contributed by atoms with Gasteiger partial charge in [0.1, 0.15) is 25.6 Å². The lowest BCUT2D eigenvalue weighted by atomic mass is 9.96. The van der Waals surface area contributed by atoms with Crippen molar-refractivity contribution in [2.75, 3.05) is 19.7 Å². The van der Waals surface area contributed by atoms with E-state index in [2.05, 4.69) is 88.2 Å². The van der Waals surface area contributed by atoms with Crippen LogP contribution in [0.5, 0.6) is 11.6 Å². The second kappa shape index (κ2) is 21.1. The Morgan fingerprint density at radius 2 is 1.31 bits per heavy atom. The number of carbonyl (C=O) groups is 1. The molecule has 0 atom stereocenters. The lowest BCUT2D eigenvalue weighted by Crippen LogP contribution is -2.40. The minimum absolute atomic E-state index is 0.0663. The first-order valence-electron chi connectivity index (χ1n) is 23.2. The van der Waals surface area contributed by atoms with Crippen molar-refractivity contribution in [2.45, 2.75) is 117 Å². The number of fused-ring (bicyclic) bond motifs is 1. The van der Waals surface area contributed by atoms with Crippen LogP contribution < -0.4 is 9.47 Å². The van der Waals surface area contributed by atoms with E-state index in [0.29, 0.717) is 30.2 Å². The number of likely N-dealkylation sites (tertiary alicyclic amines) is 1. The largest absolute Gasteiger partial charge is 0.487 e. The van der Waals surface area contributed by atoms with Gasteiger partial charge >= 0.3 is 5.97 Å². The molecule has 2 aromatic heterocycles. The van der Waals surface area contributed by atoms with Crippen LogP contribution in [0.1, 0.15) is 77.5 Å². The number of hydrogen-bond acceptors (Lipinski definition) is 8. The number of rotatable bonds is 20. The summed E-state index contributed by atoms with van der Waals surface area (Å²) in [7, 11) is -1.58. The monoisotopic (exact) mass is 911 g/mol. The molecule has 7 rings (SSSR count). The van der Waals surface area contributed by atoms with Gasteiger partial charge in [0.05, 0.1) is 18.9 Å². The van der Waals surface area contributed by atoms with Crippen LogP contribution in [0, 0.1) is 0 Å². The second-order valence-corrected chi connectivity index (χ2v) is 30.6. The molecule has 0 spiro atoms. The molecule has 0 saturated carbocycles. The van der Waals surface area contributed by atoms with Gasteiger partial charge < -0.3 is 27.9 Å². The summed E-state index contributed by atoms with van der Waals surface area (Å²) < 4.78 is 35.9. The molecule has 4 aromatic carbocycles. The number of esters is 1. The van der Waals surface area contributed by atoms with E-state index in [0.717, 1.165) is 64.4 Å². The van der Waals surface area contributed by atoms with Gasteiger partial charge in [-0.3, -0.25) is 4.90 Å². The van der Waals surface area contributed by atoms with Gasteiger partial charge in [0.25, 0.3) is 0 Å². The Bertz CT molecular complexity index is 2510. The SMILES string of the molecule is Cn1c(CN2CCCC2)cc2cc(-c3nc(OCc4ccccc4)c(C(=O)OCc4ccccc4)c(OCc4ccccc4)c3CO[Si](C)(C)C(C)(C)C)c(COCC[Si](C)(C)C)cc21. The zero-order valence-electron chi connectivity index (χ0n) is 40.2. The molecule has 11 heteroatoms. The topological polar surface area (TPSA) is 84.3 Å². The highest BCUT2D eigenvalue weighted by Gasteiger charge is 2.39. The highest BCUT2D eigenvalue weighted by atomic mass is 28.4. The molecule has 0 amide bonds. The summed E-state index contributed by atoms with van der Waals surface area (Å²) in [6.07, 6.45) is 2.47. The number of aryl methyl sites for hydroxylation is 1. The zero-order valence-corrected chi connectivity index (χ0v) is 42.2. The maximum absolute atomic E-state index is 14.8. The summed E-state index contributed by atoms with van der Waals surface area (Å²) in [5, 5.41) is 1.01. The van der Waals surface area contributed by atoms with E-state index < -0.39 is 22.4 Å². The van der Waals surface area contributed by atoms with Gasteiger partial charge in [0.15, 0.2) is 13.9 Å². The minimum Gasteiger partial charge on any atom is -0.487 e. The van der Waals surface area contributed by atoms with Crippen molar-refractivity contribution in [1.82, 2.24) is 14.5 Å². The molecular weight excluding hydrogens is 843 g/mol. The van der Waals surface area contributed by atoms with Crippen LogP contribution in [-0.4, -0.2) is 56.5 Å². The first-order chi connectivity index (χ1) is 31.1. The van der Waals surface area contributed by atoms with Gasteiger partial charge in [-0.1, -0.05) is 131 Å². The summed E-state index contributed by atoms with van der Waals surface area (Å²) in [6.45, 7) is 23.1. The van der Waals surface area contributed by atoms with E-state index in [9.17, 15) is 4.79 Å². The van der Waals surface area contributed by atoms with Crippen LogP contribution in [0.25, 0.3) is 22.2 Å². The van der Waals surface area contributed by atoms with Crippen LogP contribution in [0.2, 0.25) is 43.8 Å². The molecule has 1 aliphatic heterocycles. The van der Waals surface area contributed by atoms with Crippen molar-refractivity contribution in [3.63, 3.8) is 0 Å². The fourth-order valence-corrected chi connectivity index (χ4v) is 9.50. The van der Waals surface area contributed by atoms with Crippen LogP contribution in [0.4, 0.5) is 0 Å². The van der Waals surface area contributed by atoms with Crippen LogP contribution in [0.3, 0.4) is 0 Å². The maximum atomic E-state index is 14.8. The van der Waals surface area contributed by atoms with E-state index in [1.54, 1.807) is 0 Å². The molecule has 344 valence electrons. The summed E-state index contributed by atoms with van der Waals surface area (Å²) in [5.74, 6) is -0.116. The molecule has 1 fully saturated rings. The normalized spacial score (nSPS) is 13.7. The maximum Gasteiger partial charge on any atom is 0.347 e. The van der Waals surface area contributed by atoms with Crippen molar-refractivity contribution in [3.05, 3.63) is 148 Å². The Morgan fingerprint density at radius 3 is 1.89 bits per heavy atom. The number of benzene rings is 4. The van der Waals surface area contributed by atoms with E-state index in [-0.39, 0.29) is 42.9 Å². The number of hydrogen-bond donors (Lipinski definition) is 0. The summed E-state index contributed by atoms with van der Waals surface area (Å²) in [6, 6.07) is 37.5. The first kappa shape index (κ1) is 47.9. The predicted molar refractivity (Wildman–Crippen MR) is 268 cm³/mol. The molecule has 0 unspecified atom stereocenters. The fourth-order valence-electron chi connectivity index (χ4n) is 7.81. The second-order valence-electron chi connectivity index (χ2n) is 20.2. The van der Waals surface area contributed by atoms with E-state index in [1.165, 1.54) is 18.5 Å². The van der Waals surface area contributed by atoms with Crippen molar-refractivity contribution in [2.24, 2.45) is 7.05 Å². The third-order valence-corrected chi connectivity index (χ3v) is 19.1. The van der Waals surface area contributed by atoms with Crippen LogP contribution >= 0.6 is 0 Å². The standard InChI is InChI=1S/C54H69N3O6Si2/c1-54(2,3)65(8,9)63-39-47-50(46-32-43-31-45(34-57-27-19-20-28-57)56(4)48(43)33-44(46)38-59-29-30-64(5,6)7)55-52(61-36-41-23-15-11-16-24-41)49(51(47)60-35-40-21-13-10-14-22-40)53(58)62-37-42-25-17-12-18-26-42/h10-18,21-26,31-33H,19-20,27-30,34-39H2,1-9H3. The quantitative estimate of drug-likeness (QED) is 0.0425. The lowest BCUT2D eigenvalue weighted by molar-refractivity contribution is 0.0460. The number of aromatic nitrogens is 2. The molecule has 1 aliphatic rings. The number of pyridine rings is 1. The summed E-state index contributed by atoms with van der Waals surface area (Å²) >= 11 is 0. The van der Waals surface area contributed by atoms with Crippen molar-refractivity contribution in [1.29, 1.82) is 0 Å². The molecule has 0 radical (unpaired) electrons. The Morgan fingerprint density at radius 1 is 0.723 bits per heavy atom. The zero-order chi connectivity index (χ0) is 46.2. The van der Waals surface area contributed by atoms with E-state index in [4.69, 9.17) is 28.4 Å². The Labute approximate surface area is 389 Å². The third-order valence-electron chi connectivity index (χ3n) is 12.9. The van der Waals surface area contributed by atoms with Gasteiger partial charge in [-0.25, -0.2) is 9.78 Å². The molecule has 0 aliphatic carbocycles. The molecular formula is C54H69N3O6Si2. The van der Waals surface area contributed by atoms with Crippen LogP contribution in [-0.2, 0) is 60.5 Å². The average Bonchev–Trinajstić information content (AvgIpc) is 3.91. The summed E-state index contributed by atoms with van der Waals surface area (Å²) in [5.41, 5.74) is 8.44. The first-order valence-corrected chi connectivity index (χ1v) is 29.8. The van der Waals surface area contributed by atoms with Gasteiger partial charge in [-0.15, -0.1) is 0 Å². The van der Waals surface area contributed by atoms with Gasteiger partial charge in [0.2, 0.25) is 5.88 Å². The fraction of sp³-hybridized carbons (Fsp3) is 0.407. The molecule has 65 heavy (non-hydrogen) atoms. The molecule has 6 aromatic rings. The van der Waals surface area contributed by atoms with Crippen LogP contribution in [0.15, 0.2) is 109 Å². The number of carbonyl (C=O) groups excluding carboxylic acids is 1. The van der Waals surface area contributed by atoms with Gasteiger partial charge in [0, 0.05) is 56.0 Å². The minimum atomic E-state index is -2.38. The smallest absolute Gasteiger partial charge is 0.347 e. The lowest BCUT2D eigenvalue weighted by Gasteiger charge is -2.36. The van der Waals surface area contributed by atoms with Crippen molar-refractivity contribution >= 4 is 33.3 Å². The molecule has 0 bridgehead atoms. The Balaban J connectivity index is 1.46. The van der Waals surface area contributed by atoms with Gasteiger partial charge in [-0.2, -0.15) is 0 Å². The highest BCUT2D eigenvalue weighted by molar-refractivity contribution is 6.76. The Hall–Kier alpha value is -5.05. The number of nitrogens with zero attached hydrogens (tertiary/aromatic N) is 3. The molecule has 0 N–H and O–H groups in total. The molecule has 1 saturated heterocycles. The predicted octanol–water partition coefficient (Wildman–Crippen LogP) is 12.7. The summed E-state index contributed by atoms with van der Waals surface area (Å²) in [4.78, 5) is 22.8.